The fourth-order valence-electron chi connectivity index (χ4n) is 8.05. The molecule has 0 saturated heterocycles. The fraction of sp³-hybridized carbons (Fsp3) is 1.00. The Hall–Kier alpha value is 0. The zero-order valence-electron chi connectivity index (χ0n) is 20.5. The fourth-order valence-corrected chi connectivity index (χ4v) is 8.05. The van der Waals surface area contributed by atoms with Gasteiger partial charge in [0.1, 0.15) is 0 Å². The molecule has 0 nitrogen and oxygen atoms in total. The third-order valence-corrected chi connectivity index (χ3v) is 9.67. The minimum atomic E-state index is 0.494. The van der Waals surface area contributed by atoms with Crippen LogP contribution in [0.1, 0.15) is 119 Å². The Labute approximate surface area is 178 Å². The van der Waals surface area contributed by atoms with E-state index in [1.54, 1.807) is 32.1 Å². The molecular formula is C28H52. The summed E-state index contributed by atoms with van der Waals surface area (Å²) in [6.45, 7) is 17.6. The van der Waals surface area contributed by atoms with Crippen LogP contribution in [0.2, 0.25) is 0 Å². The van der Waals surface area contributed by atoms with Crippen LogP contribution >= 0.6 is 0 Å². The molecule has 3 fully saturated rings. The standard InChI is InChI=1S/C28H52/c1-8-23-16-22(17-26-14-20(3)13-21(26)4)10-12-24(23)18-25-11-9-19(2)15-27(25)28(5,6)7/h19-27H,8-18H2,1-7H3/t19?,20?,21?,22?,23-,24?,25-,26?,27?/m1/s1. The minimum Gasteiger partial charge on any atom is -0.0651 e. The van der Waals surface area contributed by atoms with Gasteiger partial charge in [0, 0.05) is 0 Å². The average molecular weight is 389 g/mol. The normalized spacial score (nSPS) is 45.3. The molecule has 9 atom stereocenters. The third kappa shape index (κ3) is 5.57. The van der Waals surface area contributed by atoms with E-state index in [0.29, 0.717) is 5.41 Å². The van der Waals surface area contributed by atoms with E-state index in [4.69, 9.17) is 0 Å². The van der Waals surface area contributed by atoms with Crippen LogP contribution in [0.25, 0.3) is 0 Å². The second-order valence-corrected chi connectivity index (χ2v) is 13.0. The molecule has 0 radical (unpaired) electrons. The van der Waals surface area contributed by atoms with Crippen LogP contribution in [0.15, 0.2) is 0 Å². The summed E-state index contributed by atoms with van der Waals surface area (Å²) in [4.78, 5) is 0. The van der Waals surface area contributed by atoms with Gasteiger partial charge >= 0.3 is 0 Å². The van der Waals surface area contributed by atoms with E-state index in [1.165, 1.54) is 38.5 Å². The molecule has 0 aromatic rings. The molecule has 0 aromatic heterocycles. The van der Waals surface area contributed by atoms with Crippen molar-refractivity contribution < 1.29 is 0 Å². The van der Waals surface area contributed by atoms with Crippen molar-refractivity contribution in [3.8, 4) is 0 Å². The van der Waals surface area contributed by atoms with E-state index >= 15 is 0 Å². The molecule has 3 saturated carbocycles. The summed E-state index contributed by atoms with van der Waals surface area (Å²) in [6.07, 6.45) is 16.7. The molecule has 0 N–H and O–H groups in total. The lowest BCUT2D eigenvalue weighted by Crippen LogP contribution is -2.36. The molecule has 3 aliphatic carbocycles. The molecule has 0 amide bonds. The van der Waals surface area contributed by atoms with Gasteiger partial charge < -0.3 is 0 Å². The lowest BCUT2D eigenvalue weighted by Gasteiger charge is -2.46. The van der Waals surface area contributed by atoms with E-state index in [9.17, 15) is 0 Å². The van der Waals surface area contributed by atoms with Gasteiger partial charge in [-0.15, -0.1) is 0 Å². The smallest absolute Gasteiger partial charge is 0.0334 e. The van der Waals surface area contributed by atoms with Crippen molar-refractivity contribution in [1.29, 1.82) is 0 Å². The van der Waals surface area contributed by atoms with Gasteiger partial charge in [-0.25, -0.2) is 0 Å². The van der Waals surface area contributed by atoms with Gasteiger partial charge in [0.25, 0.3) is 0 Å². The van der Waals surface area contributed by atoms with Gasteiger partial charge in [-0.3, -0.25) is 0 Å². The Bertz CT molecular complexity index is 471. The summed E-state index contributed by atoms with van der Waals surface area (Å²) in [5.41, 5.74) is 0.494. The molecule has 164 valence electrons. The van der Waals surface area contributed by atoms with Gasteiger partial charge in [0.05, 0.1) is 0 Å². The summed E-state index contributed by atoms with van der Waals surface area (Å²) in [6, 6.07) is 0. The van der Waals surface area contributed by atoms with Crippen molar-refractivity contribution in [3.05, 3.63) is 0 Å². The lowest BCUT2D eigenvalue weighted by molar-refractivity contribution is 0.0420. The predicted octanol–water partition coefficient (Wildman–Crippen LogP) is 8.99. The van der Waals surface area contributed by atoms with Gasteiger partial charge in [-0.1, -0.05) is 67.7 Å². The predicted molar refractivity (Wildman–Crippen MR) is 124 cm³/mol. The molecule has 28 heavy (non-hydrogen) atoms. The van der Waals surface area contributed by atoms with Gasteiger partial charge in [-0.2, -0.15) is 0 Å². The maximum absolute atomic E-state index is 2.54. The van der Waals surface area contributed by atoms with Crippen LogP contribution in [-0.4, -0.2) is 0 Å². The molecule has 0 heterocycles. The zero-order chi connectivity index (χ0) is 20.5. The van der Waals surface area contributed by atoms with Crippen molar-refractivity contribution in [1.82, 2.24) is 0 Å². The average Bonchev–Trinajstić information content (AvgIpc) is 2.93. The second kappa shape index (κ2) is 9.43. The highest BCUT2D eigenvalue weighted by molar-refractivity contribution is 4.90. The second-order valence-electron chi connectivity index (χ2n) is 13.0. The van der Waals surface area contributed by atoms with Crippen LogP contribution in [0.3, 0.4) is 0 Å². The van der Waals surface area contributed by atoms with Crippen molar-refractivity contribution in [2.75, 3.05) is 0 Å². The molecule has 0 bridgehead atoms. The first-order valence-corrected chi connectivity index (χ1v) is 13.2. The largest absolute Gasteiger partial charge is 0.0651 e. The number of hydrogen-bond acceptors (Lipinski definition) is 0. The first-order chi connectivity index (χ1) is 13.2. The summed E-state index contributed by atoms with van der Waals surface area (Å²) in [7, 11) is 0. The molecule has 0 aromatic carbocycles. The van der Waals surface area contributed by atoms with Gasteiger partial charge in [0.2, 0.25) is 0 Å². The Morgan fingerprint density at radius 2 is 1.36 bits per heavy atom. The molecule has 3 rings (SSSR count). The van der Waals surface area contributed by atoms with E-state index in [2.05, 4.69) is 48.5 Å². The summed E-state index contributed by atoms with van der Waals surface area (Å²) in [5, 5.41) is 0. The minimum absolute atomic E-state index is 0.494. The highest BCUT2D eigenvalue weighted by Gasteiger charge is 2.40. The van der Waals surface area contributed by atoms with Crippen LogP contribution in [0.5, 0.6) is 0 Å². The van der Waals surface area contributed by atoms with Gasteiger partial charge in [-0.05, 0) is 110 Å². The highest BCUT2D eigenvalue weighted by atomic mass is 14.5. The van der Waals surface area contributed by atoms with Crippen LogP contribution in [0.4, 0.5) is 0 Å². The monoisotopic (exact) mass is 388 g/mol. The van der Waals surface area contributed by atoms with Crippen LogP contribution in [-0.2, 0) is 0 Å². The third-order valence-electron chi connectivity index (χ3n) is 9.67. The maximum atomic E-state index is 2.54. The Kier molecular flexibility index (Phi) is 7.64. The SMILES string of the molecule is CC[C@@H]1CC(CC2CC(C)CC2C)CCC1C[C@H]1CCC(C)CC1C(C)(C)C. The van der Waals surface area contributed by atoms with Crippen molar-refractivity contribution in [3.63, 3.8) is 0 Å². The zero-order valence-corrected chi connectivity index (χ0v) is 20.5. The molecule has 7 unspecified atom stereocenters. The van der Waals surface area contributed by atoms with E-state index in [-0.39, 0.29) is 0 Å². The first kappa shape index (κ1) is 22.7. The topological polar surface area (TPSA) is 0 Å². The summed E-state index contributed by atoms with van der Waals surface area (Å²) in [5.74, 6) is 9.02. The molecule has 3 aliphatic rings. The lowest BCUT2D eigenvalue weighted by atomic mass is 9.59. The highest BCUT2D eigenvalue weighted by Crippen LogP contribution is 2.50. The number of hydrogen-bond donors (Lipinski definition) is 0. The molecule has 0 aliphatic heterocycles. The Balaban J connectivity index is 1.56. The maximum Gasteiger partial charge on any atom is -0.0334 e. The van der Waals surface area contributed by atoms with E-state index in [1.807, 2.05) is 0 Å². The van der Waals surface area contributed by atoms with Crippen molar-refractivity contribution >= 4 is 0 Å². The van der Waals surface area contributed by atoms with Crippen LogP contribution < -0.4 is 0 Å². The summed E-state index contributed by atoms with van der Waals surface area (Å²) >= 11 is 0. The Morgan fingerprint density at radius 3 is 1.96 bits per heavy atom. The van der Waals surface area contributed by atoms with Crippen LogP contribution in [0, 0.1) is 58.7 Å². The number of rotatable bonds is 5. The van der Waals surface area contributed by atoms with E-state index < -0.39 is 0 Å². The van der Waals surface area contributed by atoms with Crippen molar-refractivity contribution in [2.45, 2.75) is 119 Å². The molecule has 0 heteroatoms. The van der Waals surface area contributed by atoms with E-state index in [0.717, 1.165) is 53.3 Å². The van der Waals surface area contributed by atoms with Crippen molar-refractivity contribution in [2.24, 2.45) is 58.7 Å². The quantitative estimate of drug-likeness (QED) is 0.440. The Morgan fingerprint density at radius 1 is 0.643 bits per heavy atom. The molecular weight excluding hydrogens is 336 g/mol. The summed E-state index contributed by atoms with van der Waals surface area (Å²) < 4.78 is 0. The van der Waals surface area contributed by atoms with Gasteiger partial charge in [0.15, 0.2) is 0 Å². The molecule has 0 spiro atoms. The first-order valence-electron chi connectivity index (χ1n) is 13.2.